The summed E-state index contributed by atoms with van der Waals surface area (Å²) in [7, 11) is 3.33. The van der Waals surface area contributed by atoms with Crippen LogP contribution >= 0.6 is 0 Å². The van der Waals surface area contributed by atoms with E-state index in [2.05, 4.69) is 37.8 Å². The Morgan fingerprint density at radius 2 is 1.92 bits per heavy atom. The number of carbonyl (C=O) groups excluding carboxylic acids is 1. The third-order valence-electron chi connectivity index (χ3n) is 5.71. The normalized spacial score (nSPS) is 26.9. The average molecular weight is 331 g/mol. The number of Topliss-reactive ketones (excluding diaryl/α,β-unsaturated/α-hetero) is 1. The molecule has 0 aliphatic carbocycles. The van der Waals surface area contributed by atoms with Crippen molar-refractivity contribution in [2.75, 3.05) is 27.3 Å². The van der Waals surface area contributed by atoms with Crippen LogP contribution in [0.4, 0.5) is 0 Å². The molecule has 0 spiro atoms. The van der Waals surface area contributed by atoms with E-state index in [0.29, 0.717) is 18.1 Å². The smallest absolute Gasteiger partial charge is 0.161 e. The lowest BCUT2D eigenvalue weighted by Crippen LogP contribution is -2.56. The Hall–Kier alpha value is -1.55. The van der Waals surface area contributed by atoms with Crippen molar-refractivity contribution in [1.29, 1.82) is 0 Å². The third-order valence-corrected chi connectivity index (χ3v) is 5.71. The Kier molecular flexibility index (Phi) is 4.60. The molecule has 0 unspecified atom stereocenters. The predicted octanol–water partition coefficient (Wildman–Crippen LogP) is 3.41. The number of fused-ring (bicyclic) bond motifs is 3. The number of benzene rings is 1. The molecule has 1 aromatic carbocycles. The number of methoxy groups -OCH3 is 2. The lowest BCUT2D eigenvalue weighted by Gasteiger charge is -2.51. The topological polar surface area (TPSA) is 38.8 Å². The Bertz CT molecular complexity index is 640. The fraction of sp³-hybridized carbons (Fsp3) is 0.650. The fourth-order valence-electron chi connectivity index (χ4n) is 4.43. The van der Waals surface area contributed by atoms with Crippen molar-refractivity contribution in [1.82, 2.24) is 4.90 Å². The first-order valence-electron chi connectivity index (χ1n) is 8.92. The van der Waals surface area contributed by atoms with Crippen LogP contribution in [0.1, 0.15) is 44.7 Å². The zero-order valence-corrected chi connectivity index (χ0v) is 15.5. The molecule has 1 fully saturated rings. The Morgan fingerprint density at radius 3 is 2.54 bits per heavy atom. The molecule has 1 aromatic rings. The van der Waals surface area contributed by atoms with E-state index in [9.17, 15) is 4.79 Å². The molecule has 0 aromatic heterocycles. The first kappa shape index (κ1) is 17.3. The molecular weight excluding hydrogens is 302 g/mol. The molecule has 2 heterocycles. The first-order chi connectivity index (χ1) is 11.4. The second-order valence-corrected chi connectivity index (χ2v) is 7.80. The van der Waals surface area contributed by atoms with Crippen LogP contribution in [-0.2, 0) is 16.8 Å². The van der Waals surface area contributed by atoms with Crippen molar-refractivity contribution < 1.29 is 14.3 Å². The van der Waals surface area contributed by atoms with Crippen molar-refractivity contribution in [3.63, 3.8) is 0 Å². The summed E-state index contributed by atoms with van der Waals surface area (Å²) in [6.07, 6.45) is 2.57. The van der Waals surface area contributed by atoms with Gasteiger partial charge in [-0.05, 0) is 48.9 Å². The molecule has 132 valence electrons. The van der Waals surface area contributed by atoms with Gasteiger partial charge in [0.25, 0.3) is 0 Å². The van der Waals surface area contributed by atoms with Gasteiger partial charge in [-0.2, -0.15) is 0 Å². The van der Waals surface area contributed by atoms with Crippen molar-refractivity contribution in [2.24, 2.45) is 11.8 Å². The van der Waals surface area contributed by atoms with E-state index in [1.165, 1.54) is 11.1 Å². The standard InChI is InChI=1S/C20H29NO3/c1-13(2)8-15-12-21-7-6-14-9-18(23-4)19(24-5)10-16(14)20(21,3)11-17(15)22/h9-10,13,15H,6-8,11-12H2,1-5H3/t15-,20-/m0/s1. The maximum Gasteiger partial charge on any atom is 0.161 e. The highest BCUT2D eigenvalue weighted by Gasteiger charge is 2.46. The summed E-state index contributed by atoms with van der Waals surface area (Å²) >= 11 is 0. The molecule has 4 heteroatoms. The van der Waals surface area contributed by atoms with Gasteiger partial charge in [0.2, 0.25) is 0 Å². The SMILES string of the molecule is COc1cc2c(cc1OC)[C@]1(C)CC(=O)[C@@H](CC(C)C)CN1CC2. The molecule has 1 saturated heterocycles. The lowest BCUT2D eigenvalue weighted by atomic mass is 9.72. The summed E-state index contributed by atoms with van der Waals surface area (Å²) in [4.78, 5) is 15.3. The maximum absolute atomic E-state index is 12.8. The predicted molar refractivity (Wildman–Crippen MR) is 94.7 cm³/mol. The minimum absolute atomic E-state index is 0.180. The van der Waals surface area contributed by atoms with E-state index in [0.717, 1.165) is 37.4 Å². The molecule has 2 atom stereocenters. The fourth-order valence-corrected chi connectivity index (χ4v) is 4.43. The molecule has 24 heavy (non-hydrogen) atoms. The van der Waals surface area contributed by atoms with Crippen LogP contribution in [0, 0.1) is 11.8 Å². The maximum atomic E-state index is 12.8. The summed E-state index contributed by atoms with van der Waals surface area (Å²) in [6.45, 7) is 8.48. The summed E-state index contributed by atoms with van der Waals surface area (Å²) < 4.78 is 10.9. The van der Waals surface area contributed by atoms with Crippen LogP contribution in [0.5, 0.6) is 11.5 Å². The van der Waals surface area contributed by atoms with Gasteiger partial charge in [0, 0.05) is 25.4 Å². The van der Waals surface area contributed by atoms with Gasteiger partial charge in [0.15, 0.2) is 11.5 Å². The zero-order chi connectivity index (χ0) is 17.5. The van der Waals surface area contributed by atoms with Crippen LogP contribution in [-0.4, -0.2) is 38.0 Å². The van der Waals surface area contributed by atoms with Gasteiger partial charge in [-0.1, -0.05) is 13.8 Å². The number of hydrogen-bond acceptors (Lipinski definition) is 4. The number of ether oxygens (including phenoxy) is 2. The van der Waals surface area contributed by atoms with E-state index >= 15 is 0 Å². The number of hydrogen-bond donors (Lipinski definition) is 0. The monoisotopic (exact) mass is 331 g/mol. The summed E-state index contributed by atoms with van der Waals surface area (Å²) in [5.74, 6) is 2.67. The highest BCUT2D eigenvalue weighted by Crippen LogP contribution is 2.46. The third kappa shape index (κ3) is 2.81. The van der Waals surface area contributed by atoms with Crippen LogP contribution < -0.4 is 9.47 Å². The molecule has 2 aliphatic heterocycles. The van der Waals surface area contributed by atoms with E-state index in [1.54, 1.807) is 14.2 Å². The van der Waals surface area contributed by atoms with Crippen LogP contribution in [0.3, 0.4) is 0 Å². The second-order valence-electron chi connectivity index (χ2n) is 7.80. The number of rotatable bonds is 4. The minimum atomic E-state index is -0.225. The van der Waals surface area contributed by atoms with Gasteiger partial charge >= 0.3 is 0 Å². The lowest BCUT2D eigenvalue weighted by molar-refractivity contribution is -0.133. The highest BCUT2D eigenvalue weighted by atomic mass is 16.5. The quantitative estimate of drug-likeness (QED) is 0.847. The Balaban J connectivity index is 1.97. The van der Waals surface area contributed by atoms with Gasteiger partial charge in [-0.15, -0.1) is 0 Å². The summed E-state index contributed by atoms with van der Waals surface area (Å²) in [5.41, 5.74) is 2.28. The zero-order valence-electron chi connectivity index (χ0n) is 15.5. The molecular formula is C20H29NO3. The molecule has 0 N–H and O–H groups in total. The van der Waals surface area contributed by atoms with E-state index in [-0.39, 0.29) is 11.5 Å². The van der Waals surface area contributed by atoms with Gasteiger partial charge < -0.3 is 9.47 Å². The molecule has 0 bridgehead atoms. The molecule has 0 amide bonds. The summed E-state index contributed by atoms with van der Waals surface area (Å²) in [6, 6.07) is 4.16. The molecule has 0 radical (unpaired) electrons. The van der Waals surface area contributed by atoms with Crippen molar-refractivity contribution in [2.45, 2.75) is 45.6 Å². The first-order valence-corrected chi connectivity index (χ1v) is 8.92. The Morgan fingerprint density at radius 1 is 1.25 bits per heavy atom. The number of nitrogens with zero attached hydrogens (tertiary/aromatic N) is 1. The number of ketones is 1. The van der Waals surface area contributed by atoms with Gasteiger partial charge in [-0.25, -0.2) is 0 Å². The van der Waals surface area contributed by atoms with Crippen molar-refractivity contribution in [3.05, 3.63) is 23.3 Å². The second kappa shape index (κ2) is 6.40. The van der Waals surface area contributed by atoms with Crippen molar-refractivity contribution >= 4 is 5.78 Å². The van der Waals surface area contributed by atoms with E-state index < -0.39 is 0 Å². The van der Waals surface area contributed by atoms with Crippen molar-refractivity contribution in [3.8, 4) is 11.5 Å². The van der Waals surface area contributed by atoms with Gasteiger partial charge in [0.1, 0.15) is 5.78 Å². The van der Waals surface area contributed by atoms with E-state index in [4.69, 9.17) is 9.47 Å². The molecule has 4 nitrogen and oxygen atoms in total. The minimum Gasteiger partial charge on any atom is -0.493 e. The highest BCUT2D eigenvalue weighted by molar-refractivity contribution is 5.84. The van der Waals surface area contributed by atoms with Gasteiger partial charge in [0.05, 0.1) is 19.8 Å². The van der Waals surface area contributed by atoms with Crippen LogP contribution in [0.2, 0.25) is 0 Å². The van der Waals surface area contributed by atoms with E-state index in [1.807, 2.05) is 0 Å². The summed E-state index contributed by atoms with van der Waals surface area (Å²) in [5, 5.41) is 0. The number of carbonyl (C=O) groups is 1. The molecule has 0 saturated carbocycles. The largest absolute Gasteiger partial charge is 0.493 e. The number of piperidine rings is 1. The van der Waals surface area contributed by atoms with Crippen LogP contribution in [0.15, 0.2) is 12.1 Å². The molecule has 3 rings (SSSR count). The van der Waals surface area contributed by atoms with Crippen LogP contribution in [0.25, 0.3) is 0 Å². The Labute approximate surface area is 145 Å². The van der Waals surface area contributed by atoms with Gasteiger partial charge in [-0.3, -0.25) is 9.69 Å². The average Bonchev–Trinajstić information content (AvgIpc) is 2.54. The molecule has 2 aliphatic rings.